The van der Waals surface area contributed by atoms with E-state index < -0.39 is 12.1 Å². The lowest BCUT2D eigenvalue weighted by molar-refractivity contribution is -0.123. The van der Waals surface area contributed by atoms with Crippen LogP contribution in [-0.4, -0.2) is 34.9 Å². The monoisotopic (exact) mass is 706 g/mol. The molecule has 0 aliphatic carbocycles. The molecule has 0 bridgehead atoms. The summed E-state index contributed by atoms with van der Waals surface area (Å²) in [6.45, 7) is 4.13. The van der Waals surface area contributed by atoms with Crippen LogP contribution in [0.3, 0.4) is 0 Å². The number of hydrogen-bond acceptors (Lipinski definition) is 3. The average Bonchev–Trinajstić information content (AvgIpc) is 3.13. The predicted octanol–water partition coefficient (Wildman–Crippen LogP) is 13.1. The summed E-state index contributed by atoms with van der Waals surface area (Å²) in [4.78, 5) is 12.4. The van der Waals surface area contributed by atoms with Crippen LogP contribution in [0.1, 0.15) is 174 Å². The third-order valence-corrected chi connectivity index (χ3v) is 8.78. The van der Waals surface area contributed by atoms with Gasteiger partial charge in [-0.3, -0.25) is 4.79 Å². The first-order valence-corrected chi connectivity index (χ1v) is 21.0. The minimum Gasteiger partial charge on any atom is -0.394 e. The number of allylic oxidation sites excluding steroid dienone is 15. The van der Waals surface area contributed by atoms with Gasteiger partial charge in [-0.25, -0.2) is 0 Å². The van der Waals surface area contributed by atoms with Crippen molar-refractivity contribution < 1.29 is 15.0 Å². The maximum absolute atomic E-state index is 12.4. The summed E-state index contributed by atoms with van der Waals surface area (Å²) in [7, 11) is 0. The molecule has 0 fully saturated rings. The summed E-state index contributed by atoms with van der Waals surface area (Å²) in [6, 6.07) is -0.654. The second-order valence-corrected chi connectivity index (χ2v) is 13.7. The lowest BCUT2D eigenvalue weighted by atomic mass is 10.1. The van der Waals surface area contributed by atoms with Crippen LogP contribution in [0.4, 0.5) is 0 Å². The van der Waals surface area contributed by atoms with E-state index >= 15 is 0 Å². The van der Waals surface area contributed by atoms with Crippen molar-refractivity contribution in [3.8, 4) is 0 Å². The first-order chi connectivity index (χ1) is 25.2. The van der Waals surface area contributed by atoms with Crippen molar-refractivity contribution in [1.82, 2.24) is 5.32 Å². The van der Waals surface area contributed by atoms with Crippen molar-refractivity contribution in [1.29, 1.82) is 0 Å². The molecule has 0 saturated heterocycles. The molecule has 0 aliphatic rings. The van der Waals surface area contributed by atoms with Crippen molar-refractivity contribution >= 4 is 5.91 Å². The molecule has 0 aromatic rings. The van der Waals surface area contributed by atoms with E-state index in [4.69, 9.17) is 0 Å². The van der Waals surface area contributed by atoms with Crippen LogP contribution < -0.4 is 5.32 Å². The maximum Gasteiger partial charge on any atom is 0.220 e. The van der Waals surface area contributed by atoms with Gasteiger partial charge in [0.15, 0.2) is 0 Å². The van der Waals surface area contributed by atoms with E-state index in [0.717, 1.165) is 77.0 Å². The summed E-state index contributed by atoms with van der Waals surface area (Å²) in [6.07, 6.45) is 62.2. The van der Waals surface area contributed by atoms with Crippen LogP contribution in [0.15, 0.2) is 97.2 Å². The average molecular weight is 706 g/mol. The molecule has 4 nitrogen and oxygen atoms in total. The molecule has 0 radical (unpaired) electrons. The number of nitrogens with one attached hydrogen (secondary N) is 1. The van der Waals surface area contributed by atoms with Crippen molar-refractivity contribution in [3.63, 3.8) is 0 Å². The van der Waals surface area contributed by atoms with Gasteiger partial charge in [0.1, 0.15) is 0 Å². The second-order valence-electron chi connectivity index (χ2n) is 13.7. The van der Waals surface area contributed by atoms with Gasteiger partial charge < -0.3 is 15.5 Å². The quantitative estimate of drug-likeness (QED) is 0.0449. The van der Waals surface area contributed by atoms with E-state index in [2.05, 4.69) is 104 Å². The third-order valence-electron chi connectivity index (χ3n) is 8.78. The van der Waals surface area contributed by atoms with Crippen LogP contribution in [0.2, 0.25) is 0 Å². The smallest absolute Gasteiger partial charge is 0.220 e. The molecule has 0 saturated carbocycles. The second kappa shape index (κ2) is 41.7. The van der Waals surface area contributed by atoms with Gasteiger partial charge in [-0.05, 0) is 89.9 Å². The number of carbonyl (C=O) groups is 1. The Morgan fingerprint density at radius 1 is 0.490 bits per heavy atom. The molecule has 0 heterocycles. The topological polar surface area (TPSA) is 69.6 Å². The Bertz CT molecular complexity index is 983. The minimum atomic E-state index is -0.877. The largest absolute Gasteiger partial charge is 0.394 e. The maximum atomic E-state index is 12.4. The molecule has 0 aliphatic heterocycles. The fraction of sp³-hybridized carbons (Fsp3) is 0.638. The molecule has 0 rings (SSSR count). The van der Waals surface area contributed by atoms with Crippen LogP contribution >= 0.6 is 0 Å². The van der Waals surface area contributed by atoms with Crippen molar-refractivity contribution in [2.45, 2.75) is 187 Å². The fourth-order valence-electron chi connectivity index (χ4n) is 5.59. The van der Waals surface area contributed by atoms with Crippen molar-refractivity contribution in [2.75, 3.05) is 6.61 Å². The van der Waals surface area contributed by atoms with Gasteiger partial charge in [-0.2, -0.15) is 0 Å². The summed E-state index contributed by atoms with van der Waals surface area (Å²) < 4.78 is 0. The Hall–Kier alpha value is -2.69. The number of amides is 1. The van der Waals surface area contributed by atoms with Crippen molar-refractivity contribution in [2.24, 2.45) is 0 Å². The highest BCUT2D eigenvalue weighted by Crippen LogP contribution is 2.12. The highest BCUT2D eigenvalue weighted by molar-refractivity contribution is 5.76. The minimum absolute atomic E-state index is 0.0908. The third kappa shape index (κ3) is 38.4. The Morgan fingerprint density at radius 3 is 1.37 bits per heavy atom. The number of aliphatic hydroxyl groups is 2. The van der Waals surface area contributed by atoms with E-state index in [9.17, 15) is 15.0 Å². The molecular formula is C47H79NO3. The van der Waals surface area contributed by atoms with E-state index in [0.29, 0.717) is 6.42 Å². The summed E-state index contributed by atoms with van der Waals surface area (Å²) in [5, 5.41) is 22.9. The Morgan fingerprint density at radius 2 is 0.882 bits per heavy atom. The lowest BCUT2D eigenvalue weighted by Gasteiger charge is -2.19. The van der Waals surface area contributed by atoms with E-state index in [1.165, 1.54) is 77.0 Å². The normalized spacial score (nSPS) is 14.0. The summed E-state index contributed by atoms with van der Waals surface area (Å²) in [5.74, 6) is -0.0908. The highest BCUT2D eigenvalue weighted by Gasteiger charge is 2.17. The summed E-state index contributed by atoms with van der Waals surface area (Å²) >= 11 is 0. The lowest BCUT2D eigenvalue weighted by Crippen LogP contribution is -2.45. The number of unbranched alkanes of at least 4 members (excludes halogenated alkanes) is 15. The molecule has 0 spiro atoms. The number of carbonyl (C=O) groups excluding carboxylic acids is 1. The number of rotatable bonds is 36. The standard InChI is InChI=1S/C47H79NO3/c1-3-5-7-9-11-13-15-17-19-20-21-22-23-24-25-26-27-28-29-31-33-35-37-39-41-43-47(51)48-45(44-49)46(50)42-40-38-36-34-32-30-18-16-14-12-10-8-6-4-2/h5,7,11,13-14,16-17,19,21-22,24-25,32,34,40,42,45-46,49-50H,3-4,6,8-10,12,15,18,20,23,26-31,33,35-39,41,43-44H2,1-2H3,(H,48,51)/b7-5-,13-11-,16-14+,19-17-,22-21-,25-24-,34-32+,42-40+. The van der Waals surface area contributed by atoms with Gasteiger partial charge in [0.25, 0.3) is 0 Å². The zero-order valence-electron chi connectivity index (χ0n) is 33.1. The van der Waals surface area contributed by atoms with Gasteiger partial charge in [-0.15, -0.1) is 0 Å². The van der Waals surface area contributed by atoms with E-state index in [-0.39, 0.29) is 12.5 Å². The SMILES string of the molecule is CC/C=C\C/C=C\C/C=C\C/C=C\C/C=C\CCCCCCCCCCCC(=O)NC(CO)C(O)/C=C/CC/C=C/CC/C=C/CCCCCC. The molecule has 4 heteroatoms. The predicted molar refractivity (Wildman–Crippen MR) is 225 cm³/mol. The Kier molecular flexibility index (Phi) is 39.5. The van der Waals surface area contributed by atoms with Gasteiger partial charge >= 0.3 is 0 Å². The molecule has 290 valence electrons. The van der Waals surface area contributed by atoms with Gasteiger partial charge in [0, 0.05) is 6.42 Å². The van der Waals surface area contributed by atoms with Crippen LogP contribution in [0.5, 0.6) is 0 Å². The molecule has 2 atom stereocenters. The zero-order valence-corrected chi connectivity index (χ0v) is 33.1. The van der Waals surface area contributed by atoms with Crippen LogP contribution in [0.25, 0.3) is 0 Å². The molecule has 0 aromatic carbocycles. The van der Waals surface area contributed by atoms with E-state index in [1.54, 1.807) is 6.08 Å². The molecular weight excluding hydrogens is 627 g/mol. The van der Waals surface area contributed by atoms with Crippen LogP contribution in [-0.2, 0) is 4.79 Å². The van der Waals surface area contributed by atoms with Gasteiger partial charge in [0.2, 0.25) is 5.91 Å². The zero-order chi connectivity index (χ0) is 37.1. The molecule has 0 aromatic heterocycles. The summed E-state index contributed by atoms with van der Waals surface area (Å²) in [5.41, 5.74) is 0. The van der Waals surface area contributed by atoms with Gasteiger partial charge in [-0.1, -0.05) is 175 Å². The first-order valence-electron chi connectivity index (χ1n) is 21.0. The Balaban J connectivity index is 3.68. The molecule has 3 N–H and O–H groups in total. The van der Waals surface area contributed by atoms with E-state index in [1.807, 2.05) is 6.08 Å². The fourth-order valence-corrected chi connectivity index (χ4v) is 5.59. The highest BCUT2D eigenvalue weighted by atomic mass is 16.3. The molecule has 51 heavy (non-hydrogen) atoms. The van der Waals surface area contributed by atoms with Crippen LogP contribution in [0, 0.1) is 0 Å². The van der Waals surface area contributed by atoms with Gasteiger partial charge in [0.05, 0.1) is 18.8 Å². The number of hydrogen-bond donors (Lipinski definition) is 3. The number of aliphatic hydroxyl groups excluding tert-OH is 2. The first kappa shape index (κ1) is 48.3. The van der Waals surface area contributed by atoms with Crippen molar-refractivity contribution in [3.05, 3.63) is 97.2 Å². The Labute approximate surface area is 315 Å². The molecule has 1 amide bonds. The molecule has 2 unspecified atom stereocenters.